The molecule has 3 nitrogen and oxygen atoms in total. The van der Waals surface area contributed by atoms with Crippen molar-refractivity contribution in [2.45, 2.75) is 20.4 Å². The molecule has 0 aliphatic rings. The van der Waals surface area contributed by atoms with Crippen LogP contribution in [0, 0.1) is 13.8 Å². The second-order valence-corrected chi connectivity index (χ2v) is 4.93. The van der Waals surface area contributed by atoms with E-state index in [9.17, 15) is 4.79 Å². The van der Waals surface area contributed by atoms with E-state index in [0.29, 0.717) is 15.6 Å². The van der Waals surface area contributed by atoms with Gasteiger partial charge >= 0.3 is 0 Å². The average molecular weight is 283 g/mol. The molecule has 0 saturated heterocycles. The summed E-state index contributed by atoms with van der Waals surface area (Å²) in [5.74, 6) is -0.0582. The molecule has 0 aliphatic carbocycles. The van der Waals surface area contributed by atoms with E-state index in [4.69, 9.17) is 23.2 Å². The zero-order chi connectivity index (χ0) is 13.3. The van der Waals surface area contributed by atoms with E-state index in [2.05, 4.69) is 4.98 Å². The number of hydrogen-bond acceptors (Lipinski definition) is 2. The third kappa shape index (κ3) is 2.57. The Bertz CT molecular complexity index is 605. The van der Waals surface area contributed by atoms with Crippen LogP contribution in [0.25, 0.3) is 0 Å². The molecule has 0 aliphatic heterocycles. The van der Waals surface area contributed by atoms with Crippen LogP contribution in [0.1, 0.15) is 21.7 Å². The van der Waals surface area contributed by atoms with Gasteiger partial charge in [0.25, 0.3) is 0 Å². The molecular formula is C13H12Cl2N2O. The number of benzene rings is 1. The Hall–Kier alpha value is -1.32. The number of halogens is 2. The number of hydrogen-bond donors (Lipinski definition) is 0. The number of ketones is 1. The predicted molar refractivity (Wildman–Crippen MR) is 72.5 cm³/mol. The summed E-state index contributed by atoms with van der Waals surface area (Å²) in [5, 5.41) is 0.896. The maximum Gasteiger partial charge on any atom is 0.184 e. The van der Waals surface area contributed by atoms with Crippen molar-refractivity contribution in [2.24, 2.45) is 0 Å². The van der Waals surface area contributed by atoms with Crippen LogP contribution in [0.3, 0.4) is 0 Å². The number of nitrogens with zero attached hydrogens (tertiary/aromatic N) is 2. The van der Waals surface area contributed by atoms with E-state index in [-0.39, 0.29) is 12.3 Å². The number of rotatable bonds is 3. The number of aryl methyl sites for hydroxylation is 1. The highest BCUT2D eigenvalue weighted by Gasteiger charge is 2.13. The minimum absolute atomic E-state index is 0.0582. The maximum absolute atomic E-state index is 12.1. The molecule has 0 amide bonds. The maximum atomic E-state index is 12.1. The minimum Gasteiger partial charge on any atom is -0.327 e. The molecule has 1 aromatic heterocycles. The van der Waals surface area contributed by atoms with Crippen molar-refractivity contribution < 1.29 is 4.79 Å². The van der Waals surface area contributed by atoms with Gasteiger partial charge in [0.05, 0.1) is 23.6 Å². The van der Waals surface area contributed by atoms with E-state index in [0.717, 1.165) is 11.4 Å². The van der Waals surface area contributed by atoms with Gasteiger partial charge in [-0.25, -0.2) is 4.98 Å². The summed E-state index contributed by atoms with van der Waals surface area (Å²) < 4.78 is 1.81. The fraction of sp³-hybridized carbons (Fsp3) is 0.231. The lowest BCUT2D eigenvalue weighted by atomic mass is 10.1. The number of Topliss-reactive ketones (excluding diaryl/α,β-unsaturated/α-hetero) is 1. The topological polar surface area (TPSA) is 34.9 Å². The van der Waals surface area contributed by atoms with E-state index in [1.54, 1.807) is 24.5 Å². The Balaban J connectivity index is 2.25. The van der Waals surface area contributed by atoms with E-state index < -0.39 is 0 Å². The normalized spacial score (nSPS) is 10.7. The van der Waals surface area contributed by atoms with E-state index in [1.165, 1.54) is 0 Å². The first-order chi connectivity index (χ1) is 8.49. The van der Waals surface area contributed by atoms with Gasteiger partial charge in [0.2, 0.25) is 0 Å². The van der Waals surface area contributed by atoms with Crippen molar-refractivity contribution in [1.29, 1.82) is 0 Å². The first-order valence-electron chi connectivity index (χ1n) is 5.45. The molecular weight excluding hydrogens is 271 g/mol. The highest BCUT2D eigenvalue weighted by molar-refractivity contribution is 6.36. The highest BCUT2D eigenvalue weighted by Crippen LogP contribution is 2.22. The summed E-state index contributed by atoms with van der Waals surface area (Å²) in [6.07, 6.45) is 1.66. The van der Waals surface area contributed by atoms with Crippen molar-refractivity contribution >= 4 is 29.0 Å². The van der Waals surface area contributed by atoms with Gasteiger partial charge in [-0.3, -0.25) is 4.79 Å². The van der Waals surface area contributed by atoms with Crippen LogP contribution >= 0.6 is 23.2 Å². The van der Waals surface area contributed by atoms with Crippen LogP contribution in [-0.4, -0.2) is 15.3 Å². The summed E-state index contributed by atoms with van der Waals surface area (Å²) in [6.45, 7) is 4.07. The first kappa shape index (κ1) is 13.1. The van der Waals surface area contributed by atoms with Gasteiger partial charge < -0.3 is 4.57 Å². The lowest BCUT2D eigenvalue weighted by Crippen LogP contribution is -2.11. The summed E-state index contributed by atoms with van der Waals surface area (Å²) in [6, 6.07) is 4.88. The molecule has 5 heteroatoms. The quantitative estimate of drug-likeness (QED) is 0.805. The average Bonchev–Trinajstić information content (AvgIpc) is 2.61. The molecule has 1 aromatic carbocycles. The second-order valence-electron chi connectivity index (χ2n) is 4.09. The van der Waals surface area contributed by atoms with Crippen LogP contribution in [0.5, 0.6) is 0 Å². The highest BCUT2D eigenvalue weighted by atomic mass is 35.5. The lowest BCUT2D eigenvalue weighted by Gasteiger charge is -2.06. The van der Waals surface area contributed by atoms with Gasteiger partial charge in [-0.2, -0.15) is 0 Å². The van der Waals surface area contributed by atoms with Gasteiger partial charge in [0, 0.05) is 16.3 Å². The zero-order valence-corrected chi connectivity index (χ0v) is 11.6. The standard InChI is InChI=1S/C13H12Cl2N2O/c1-8-9(2)17(7-16-8)6-13(18)11-4-3-10(14)5-12(11)15/h3-5,7H,6H2,1-2H3. The Morgan fingerprint density at radius 3 is 2.61 bits per heavy atom. The summed E-state index contributed by atoms with van der Waals surface area (Å²) in [4.78, 5) is 16.3. The van der Waals surface area contributed by atoms with Crippen molar-refractivity contribution in [2.75, 3.05) is 0 Å². The van der Waals surface area contributed by atoms with Crippen LogP contribution in [0.15, 0.2) is 24.5 Å². The molecule has 0 radical (unpaired) electrons. The van der Waals surface area contributed by atoms with Gasteiger partial charge in [-0.05, 0) is 32.0 Å². The Morgan fingerprint density at radius 1 is 1.33 bits per heavy atom. The largest absolute Gasteiger partial charge is 0.327 e. The van der Waals surface area contributed by atoms with Gasteiger partial charge in [-0.15, -0.1) is 0 Å². The number of carbonyl (C=O) groups is 1. The number of carbonyl (C=O) groups excluding carboxylic acids is 1. The third-order valence-electron chi connectivity index (χ3n) is 2.89. The molecule has 0 N–H and O–H groups in total. The molecule has 0 fully saturated rings. The van der Waals surface area contributed by atoms with Crippen LogP contribution in [0.2, 0.25) is 10.0 Å². The predicted octanol–water partition coefficient (Wildman–Crippen LogP) is 3.69. The Labute approximate surface area is 115 Å². The van der Waals surface area contributed by atoms with Crippen LogP contribution in [0.4, 0.5) is 0 Å². The second kappa shape index (κ2) is 5.12. The summed E-state index contributed by atoms with van der Waals surface area (Å²) in [5.41, 5.74) is 2.38. The molecule has 0 spiro atoms. The molecule has 0 saturated carbocycles. The lowest BCUT2D eigenvalue weighted by molar-refractivity contribution is 0.0971. The molecule has 94 valence electrons. The van der Waals surface area contributed by atoms with E-state index in [1.807, 2.05) is 18.4 Å². The molecule has 0 atom stereocenters. The SMILES string of the molecule is Cc1ncn(CC(=O)c2ccc(Cl)cc2Cl)c1C. The smallest absolute Gasteiger partial charge is 0.184 e. The van der Waals surface area contributed by atoms with Crippen LogP contribution in [-0.2, 0) is 6.54 Å². The van der Waals surface area contributed by atoms with Crippen molar-refractivity contribution in [3.8, 4) is 0 Å². The third-order valence-corrected chi connectivity index (χ3v) is 3.44. The monoisotopic (exact) mass is 282 g/mol. The summed E-state index contributed by atoms with van der Waals surface area (Å²) in [7, 11) is 0. The summed E-state index contributed by atoms with van der Waals surface area (Å²) >= 11 is 11.8. The van der Waals surface area contributed by atoms with Gasteiger partial charge in [0.15, 0.2) is 5.78 Å². The molecule has 18 heavy (non-hydrogen) atoms. The number of aromatic nitrogens is 2. The van der Waals surface area contributed by atoms with Crippen molar-refractivity contribution in [3.63, 3.8) is 0 Å². The first-order valence-corrected chi connectivity index (χ1v) is 6.21. The fourth-order valence-corrected chi connectivity index (χ4v) is 2.17. The van der Waals surface area contributed by atoms with E-state index >= 15 is 0 Å². The Kier molecular flexibility index (Phi) is 3.73. The molecule has 0 unspecified atom stereocenters. The van der Waals surface area contributed by atoms with Crippen LogP contribution < -0.4 is 0 Å². The van der Waals surface area contributed by atoms with Crippen molar-refractivity contribution in [3.05, 3.63) is 51.5 Å². The fourth-order valence-electron chi connectivity index (χ4n) is 1.66. The molecule has 2 aromatic rings. The number of imidazole rings is 1. The zero-order valence-electron chi connectivity index (χ0n) is 10.1. The Morgan fingerprint density at radius 2 is 2.06 bits per heavy atom. The molecule has 1 heterocycles. The molecule has 2 rings (SSSR count). The van der Waals surface area contributed by atoms with Crippen molar-refractivity contribution in [1.82, 2.24) is 9.55 Å². The molecule has 0 bridgehead atoms. The minimum atomic E-state index is -0.0582. The van der Waals surface area contributed by atoms with Gasteiger partial charge in [0.1, 0.15) is 0 Å². The van der Waals surface area contributed by atoms with Gasteiger partial charge in [-0.1, -0.05) is 23.2 Å².